The largest absolute Gasteiger partial charge is 0.693 e. The molecule has 1 rings (SSSR count). The molecule has 0 aromatic heterocycles. The molecule has 0 spiro atoms. The molecule has 0 atom stereocenters. The van der Waals surface area contributed by atoms with E-state index in [0.29, 0.717) is 10.7 Å². The summed E-state index contributed by atoms with van der Waals surface area (Å²) >= 11 is 5.61. The highest BCUT2D eigenvalue weighted by molar-refractivity contribution is 7.68. The van der Waals surface area contributed by atoms with Gasteiger partial charge in [0.2, 0.25) is 0 Å². The van der Waals surface area contributed by atoms with Crippen LogP contribution in [0.5, 0.6) is 0 Å². The lowest BCUT2D eigenvalue weighted by Crippen LogP contribution is -2.04. The lowest BCUT2D eigenvalue weighted by molar-refractivity contribution is -0.777. The summed E-state index contributed by atoms with van der Waals surface area (Å²) in [6.07, 6.45) is 0. The zero-order valence-electron chi connectivity index (χ0n) is 6.62. The Morgan fingerprint density at radius 3 is 2.64 bits per heavy atom. The van der Waals surface area contributed by atoms with Gasteiger partial charge in [-0.05, 0) is 28.4 Å². The average molecular weight is 236 g/mol. The highest BCUT2D eigenvalue weighted by Crippen LogP contribution is 2.14. The Bertz CT molecular complexity index is 408. The van der Waals surface area contributed by atoms with Gasteiger partial charge in [-0.1, -0.05) is 11.6 Å². The number of nitrogens with zero attached hydrogens (tertiary/aromatic N) is 2. The molecule has 1 aromatic rings. The molecule has 0 aliphatic rings. The first-order chi connectivity index (χ1) is 6.72. The topological polar surface area (TPSA) is 85.1 Å². The molecule has 0 aliphatic carbocycles. The summed E-state index contributed by atoms with van der Waals surface area (Å²) in [4.78, 5) is 0. The summed E-state index contributed by atoms with van der Waals surface area (Å²) in [5, 5.41) is 16.3. The number of benzene rings is 1. The fraction of sp³-hybridized carbons (Fsp3) is 0. The van der Waals surface area contributed by atoms with Crippen LogP contribution in [0.25, 0.3) is 0 Å². The van der Waals surface area contributed by atoms with Gasteiger partial charge >= 0.3 is 0 Å². The first kappa shape index (κ1) is 11.1. The Balaban J connectivity index is 2.83. The van der Waals surface area contributed by atoms with Crippen molar-refractivity contribution in [3.05, 3.63) is 29.3 Å². The van der Waals surface area contributed by atoms with Gasteiger partial charge in [-0.2, -0.15) is 0 Å². The molecule has 0 amide bonds. The van der Waals surface area contributed by atoms with E-state index in [1.807, 2.05) is 0 Å². The molecule has 0 heterocycles. The molecule has 76 valence electrons. The van der Waals surface area contributed by atoms with E-state index in [-0.39, 0.29) is 0 Å². The Hall–Kier alpha value is -0.950. The van der Waals surface area contributed by atoms with Crippen LogP contribution < -0.4 is 9.42 Å². The van der Waals surface area contributed by atoms with Crippen molar-refractivity contribution in [3.8, 4) is 0 Å². The van der Waals surface area contributed by atoms with E-state index in [1.54, 1.807) is 24.3 Å². The molecule has 0 saturated carbocycles. The van der Waals surface area contributed by atoms with Gasteiger partial charge < -0.3 is 14.5 Å². The van der Waals surface area contributed by atoms with E-state index in [2.05, 4.69) is 18.6 Å². The monoisotopic (exact) mass is 235 g/mol. The molecule has 0 unspecified atom stereocenters. The predicted molar refractivity (Wildman–Crippen MR) is 45.9 cm³/mol. The quantitative estimate of drug-likeness (QED) is 0.255. The molecule has 0 aliphatic heterocycles. The zero-order chi connectivity index (χ0) is 10.4. The van der Waals surface area contributed by atoms with Crippen molar-refractivity contribution in [2.75, 3.05) is 0 Å². The van der Waals surface area contributed by atoms with Crippen LogP contribution in [-0.2, 0) is 24.5 Å². The van der Waals surface area contributed by atoms with Gasteiger partial charge in [0, 0.05) is 5.02 Å². The Morgan fingerprint density at radius 1 is 1.43 bits per heavy atom. The van der Waals surface area contributed by atoms with E-state index in [4.69, 9.17) is 11.6 Å². The molecule has 6 nitrogen and oxygen atoms in total. The molecule has 0 saturated heterocycles. The number of hydrogen-bond acceptors (Lipinski definition) is 6. The van der Waals surface area contributed by atoms with Crippen LogP contribution in [0, 0.1) is 0 Å². The van der Waals surface area contributed by atoms with Gasteiger partial charge in [0.25, 0.3) is 10.9 Å². The lowest BCUT2D eigenvalue weighted by atomic mass is 10.3. The van der Waals surface area contributed by atoms with E-state index in [9.17, 15) is 9.47 Å². The van der Waals surface area contributed by atoms with Crippen molar-refractivity contribution in [3.63, 3.8) is 0 Å². The Labute approximate surface area is 86.0 Å². The fourth-order valence-corrected chi connectivity index (χ4v) is 0.987. The van der Waals surface area contributed by atoms with Crippen molar-refractivity contribution in [2.45, 2.75) is 0 Å². The van der Waals surface area contributed by atoms with Crippen LogP contribution in [0.3, 0.4) is 0 Å². The molecule has 8 heteroatoms. The van der Waals surface area contributed by atoms with E-state index >= 15 is 0 Å². The van der Waals surface area contributed by atoms with Crippen LogP contribution in [0.4, 0.5) is 5.69 Å². The van der Waals surface area contributed by atoms with Crippen LogP contribution in [0.1, 0.15) is 0 Å². The van der Waals surface area contributed by atoms with E-state index < -0.39 is 10.9 Å². The second-order valence-electron chi connectivity index (χ2n) is 2.01. The summed E-state index contributed by atoms with van der Waals surface area (Å²) in [6, 6.07) is 6.29. The van der Waals surface area contributed by atoms with Gasteiger partial charge in [-0.25, -0.2) is 4.33 Å². The van der Waals surface area contributed by atoms with Gasteiger partial charge in [0.1, 0.15) is 10.8 Å². The van der Waals surface area contributed by atoms with Crippen LogP contribution in [0.2, 0.25) is 5.02 Å². The van der Waals surface area contributed by atoms with Crippen LogP contribution in [-0.4, -0.2) is 0 Å². The first-order valence-electron chi connectivity index (χ1n) is 3.28. The Morgan fingerprint density at radius 2 is 2.07 bits per heavy atom. The van der Waals surface area contributed by atoms with Crippen LogP contribution in [0.15, 0.2) is 29.4 Å². The normalized spacial score (nSPS) is 9.93. The fourth-order valence-electron chi connectivity index (χ4n) is 0.626. The van der Waals surface area contributed by atoms with Gasteiger partial charge in [-0.15, -0.1) is 0 Å². The minimum Gasteiger partial charge on any atom is -0.693 e. The minimum absolute atomic E-state index is 0.428. The molecular weight excluding hydrogens is 232 g/mol. The summed E-state index contributed by atoms with van der Waals surface area (Å²) < 4.78 is 17.3. The molecule has 1 aromatic carbocycles. The average Bonchev–Trinajstić information content (AvgIpc) is 2.17. The van der Waals surface area contributed by atoms with Crippen molar-refractivity contribution in [2.24, 2.45) is 5.11 Å². The summed E-state index contributed by atoms with van der Waals surface area (Å²) in [5.41, 5.74) is 0.428. The van der Waals surface area contributed by atoms with E-state index in [0.717, 1.165) is 0 Å². The molecule has 0 N–H and O–H groups in total. The number of halogens is 1. The standard InChI is InChI=1S/C6H5ClN2O4S/c7-5-1-3-6(4-2-5)8-9-14(11)13-12-10/h1-4,10H/p-1. The summed E-state index contributed by atoms with van der Waals surface area (Å²) in [6.45, 7) is 0. The van der Waals surface area contributed by atoms with Crippen molar-refractivity contribution >= 4 is 28.2 Å². The summed E-state index contributed by atoms with van der Waals surface area (Å²) in [7, 11) is -2.24. The highest BCUT2D eigenvalue weighted by atomic mass is 35.5. The third kappa shape index (κ3) is 3.84. The number of hydrogen-bond donors (Lipinski definition) is 0. The second kappa shape index (κ2) is 5.71. The lowest BCUT2D eigenvalue weighted by Gasteiger charge is -1.98. The van der Waals surface area contributed by atoms with Crippen LogP contribution >= 0.6 is 11.6 Å². The predicted octanol–water partition coefficient (Wildman–Crippen LogP) is 0.777. The van der Waals surface area contributed by atoms with Gasteiger partial charge in [-0.3, -0.25) is 0 Å². The van der Waals surface area contributed by atoms with Crippen molar-refractivity contribution in [1.82, 2.24) is 4.16 Å². The Kier molecular flexibility index (Phi) is 4.54. The van der Waals surface area contributed by atoms with Gasteiger partial charge in [0.05, 0.1) is 0 Å². The number of rotatable bonds is 3. The molecule has 14 heavy (non-hydrogen) atoms. The minimum atomic E-state index is -2.24. The molecular formula is C6H4ClN2O4S-. The third-order valence-electron chi connectivity index (χ3n) is 1.14. The van der Waals surface area contributed by atoms with Crippen molar-refractivity contribution in [1.29, 1.82) is 0 Å². The first-order valence-corrected chi connectivity index (χ1v) is 4.69. The SMILES string of the molecule is O=[S-](=[N+]=Nc1ccc(Cl)cc1)OO[O-]. The zero-order valence-corrected chi connectivity index (χ0v) is 8.20. The maximum absolute atomic E-state index is 10.6. The molecule has 0 fully saturated rings. The van der Waals surface area contributed by atoms with Crippen molar-refractivity contribution < 1.29 is 18.8 Å². The molecule has 0 radical (unpaired) electrons. The van der Waals surface area contributed by atoms with E-state index in [1.165, 1.54) is 0 Å². The second-order valence-corrected chi connectivity index (χ2v) is 3.18. The maximum atomic E-state index is 10.6. The third-order valence-corrected chi connectivity index (χ3v) is 1.77. The highest BCUT2D eigenvalue weighted by Gasteiger charge is 1.92. The maximum Gasteiger partial charge on any atom is 0.294 e. The van der Waals surface area contributed by atoms with Gasteiger partial charge in [0.15, 0.2) is 0 Å². The molecule has 0 bridgehead atoms. The summed E-state index contributed by atoms with van der Waals surface area (Å²) in [5.74, 6) is 0. The smallest absolute Gasteiger partial charge is 0.294 e.